The fourth-order valence-corrected chi connectivity index (χ4v) is 2.52. The number of rotatable bonds is 5. The van der Waals surface area contributed by atoms with E-state index in [-0.39, 0.29) is 18.0 Å². The van der Waals surface area contributed by atoms with Crippen molar-refractivity contribution in [2.24, 2.45) is 0 Å². The van der Waals surface area contributed by atoms with Crippen LogP contribution in [0.1, 0.15) is 23.2 Å². The Labute approximate surface area is 150 Å². The van der Waals surface area contributed by atoms with Crippen molar-refractivity contribution in [3.8, 4) is 5.75 Å². The molecule has 0 aliphatic heterocycles. The molecule has 3 rings (SSSR count). The number of carbonyl (C=O) groups is 2. The molecule has 1 aliphatic carbocycles. The molecule has 0 spiro atoms. The van der Waals surface area contributed by atoms with Crippen LogP contribution in [0.3, 0.4) is 0 Å². The molecular weight excluding hydrogens is 342 g/mol. The second-order valence-electron chi connectivity index (χ2n) is 5.76. The van der Waals surface area contributed by atoms with Crippen LogP contribution in [0.25, 0.3) is 0 Å². The largest absolute Gasteiger partial charge is 0.495 e. The lowest BCUT2D eigenvalue weighted by molar-refractivity contribution is 0.102. The van der Waals surface area contributed by atoms with Gasteiger partial charge in [-0.2, -0.15) is 0 Å². The monoisotopic (exact) mass is 359 g/mol. The first kappa shape index (κ1) is 17.1. The lowest BCUT2D eigenvalue weighted by Crippen LogP contribution is -2.30. The van der Waals surface area contributed by atoms with Crippen molar-refractivity contribution in [3.63, 3.8) is 0 Å². The van der Waals surface area contributed by atoms with Crippen LogP contribution in [0.2, 0.25) is 5.02 Å². The molecule has 0 bridgehead atoms. The summed E-state index contributed by atoms with van der Waals surface area (Å²) in [6, 6.07) is 11.7. The van der Waals surface area contributed by atoms with E-state index in [1.165, 1.54) is 7.11 Å². The summed E-state index contributed by atoms with van der Waals surface area (Å²) in [7, 11) is 1.53. The van der Waals surface area contributed by atoms with Crippen LogP contribution in [-0.4, -0.2) is 25.1 Å². The van der Waals surface area contributed by atoms with Crippen molar-refractivity contribution in [3.05, 3.63) is 53.1 Å². The van der Waals surface area contributed by atoms with Gasteiger partial charge >= 0.3 is 6.03 Å². The van der Waals surface area contributed by atoms with E-state index in [4.69, 9.17) is 16.3 Å². The van der Waals surface area contributed by atoms with Gasteiger partial charge in [-0.25, -0.2) is 4.79 Å². The second-order valence-corrected chi connectivity index (χ2v) is 6.16. The zero-order valence-corrected chi connectivity index (χ0v) is 14.4. The number of halogens is 1. The highest BCUT2D eigenvalue weighted by molar-refractivity contribution is 6.32. The van der Waals surface area contributed by atoms with Crippen LogP contribution in [0, 0.1) is 0 Å². The van der Waals surface area contributed by atoms with Gasteiger partial charge in [0.05, 0.1) is 12.1 Å². The van der Waals surface area contributed by atoms with Crippen LogP contribution >= 0.6 is 11.6 Å². The number of ether oxygens (including phenoxy) is 1. The summed E-state index contributed by atoms with van der Waals surface area (Å²) in [5.74, 6) is 0.236. The number of nitrogens with one attached hydrogen (secondary N) is 3. The minimum Gasteiger partial charge on any atom is -0.495 e. The Bertz CT molecular complexity index is 806. The topological polar surface area (TPSA) is 79.5 Å². The van der Waals surface area contributed by atoms with Gasteiger partial charge in [-0.05, 0) is 49.2 Å². The number of methoxy groups -OCH3 is 1. The van der Waals surface area contributed by atoms with Gasteiger partial charge in [0.2, 0.25) is 0 Å². The molecule has 1 aliphatic rings. The molecule has 1 fully saturated rings. The molecule has 2 aromatic rings. The Hall–Kier alpha value is -2.73. The molecule has 0 saturated heterocycles. The van der Waals surface area contributed by atoms with Gasteiger partial charge in [-0.1, -0.05) is 17.7 Å². The quantitative estimate of drug-likeness (QED) is 0.757. The van der Waals surface area contributed by atoms with Gasteiger partial charge in [-0.15, -0.1) is 0 Å². The van der Waals surface area contributed by atoms with Crippen molar-refractivity contribution >= 4 is 34.9 Å². The Balaban J connectivity index is 1.66. The smallest absolute Gasteiger partial charge is 0.319 e. The number of hydrogen-bond acceptors (Lipinski definition) is 3. The van der Waals surface area contributed by atoms with Gasteiger partial charge in [0.1, 0.15) is 5.75 Å². The average molecular weight is 360 g/mol. The lowest BCUT2D eigenvalue weighted by Gasteiger charge is -2.10. The van der Waals surface area contributed by atoms with Gasteiger partial charge in [0.25, 0.3) is 5.91 Å². The van der Waals surface area contributed by atoms with Gasteiger partial charge < -0.3 is 20.7 Å². The molecule has 6 nitrogen and oxygen atoms in total. The van der Waals surface area contributed by atoms with E-state index >= 15 is 0 Å². The van der Waals surface area contributed by atoms with E-state index in [1.54, 1.807) is 42.5 Å². The molecule has 3 N–H and O–H groups in total. The van der Waals surface area contributed by atoms with E-state index in [0.29, 0.717) is 27.7 Å². The minimum atomic E-state index is -0.299. The molecular formula is C18H18ClN3O3. The molecule has 7 heteroatoms. The highest BCUT2D eigenvalue weighted by Crippen LogP contribution is 2.27. The first-order valence-electron chi connectivity index (χ1n) is 7.87. The Morgan fingerprint density at radius 2 is 1.84 bits per heavy atom. The number of benzene rings is 2. The Morgan fingerprint density at radius 3 is 2.52 bits per heavy atom. The summed E-state index contributed by atoms with van der Waals surface area (Å²) in [5, 5.41) is 8.74. The van der Waals surface area contributed by atoms with Crippen LogP contribution in [0.4, 0.5) is 16.2 Å². The third-order valence-corrected chi connectivity index (χ3v) is 4.00. The molecule has 1 saturated carbocycles. The fourth-order valence-electron chi connectivity index (χ4n) is 2.27. The number of urea groups is 1. The van der Waals surface area contributed by atoms with Gasteiger partial charge in [0.15, 0.2) is 0 Å². The summed E-state index contributed by atoms with van der Waals surface area (Å²) in [4.78, 5) is 24.2. The third-order valence-electron chi connectivity index (χ3n) is 3.70. The molecule has 130 valence electrons. The highest BCUT2D eigenvalue weighted by Gasteiger charge is 2.23. The molecule has 0 heterocycles. The van der Waals surface area contributed by atoms with Crippen molar-refractivity contribution in [1.82, 2.24) is 5.32 Å². The molecule has 25 heavy (non-hydrogen) atoms. The summed E-state index contributed by atoms with van der Waals surface area (Å²) in [6.45, 7) is 0. The average Bonchev–Trinajstić information content (AvgIpc) is 3.39. The molecule has 0 unspecified atom stereocenters. The minimum absolute atomic E-state index is 0.262. The fraction of sp³-hybridized carbons (Fsp3) is 0.222. The SMILES string of the molecule is COc1ccc(NC(=O)c2cccc(NC(=O)NC3CC3)c2)cc1Cl. The van der Waals surface area contributed by atoms with E-state index in [0.717, 1.165) is 12.8 Å². The number of anilines is 2. The summed E-state index contributed by atoms with van der Waals surface area (Å²) in [5.41, 5.74) is 1.54. The lowest BCUT2D eigenvalue weighted by atomic mass is 10.2. The van der Waals surface area contributed by atoms with Crippen molar-refractivity contribution in [1.29, 1.82) is 0 Å². The van der Waals surface area contributed by atoms with E-state index in [9.17, 15) is 9.59 Å². The molecule has 0 atom stereocenters. The summed E-state index contributed by atoms with van der Waals surface area (Å²) in [6.07, 6.45) is 2.03. The summed E-state index contributed by atoms with van der Waals surface area (Å²) < 4.78 is 5.08. The summed E-state index contributed by atoms with van der Waals surface area (Å²) >= 11 is 6.06. The van der Waals surface area contributed by atoms with E-state index in [1.807, 2.05) is 0 Å². The highest BCUT2D eigenvalue weighted by atomic mass is 35.5. The Morgan fingerprint density at radius 1 is 1.08 bits per heavy atom. The maximum atomic E-state index is 12.4. The molecule has 0 aromatic heterocycles. The number of hydrogen-bond donors (Lipinski definition) is 3. The van der Waals surface area contributed by atoms with Gasteiger partial charge in [-0.3, -0.25) is 4.79 Å². The zero-order valence-electron chi connectivity index (χ0n) is 13.6. The predicted molar refractivity (Wildman–Crippen MR) is 97.6 cm³/mol. The van der Waals surface area contributed by atoms with Crippen molar-refractivity contribution in [2.45, 2.75) is 18.9 Å². The Kier molecular flexibility index (Phi) is 5.09. The number of carbonyl (C=O) groups excluding carboxylic acids is 2. The zero-order chi connectivity index (χ0) is 17.8. The first-order chi connectivity index (χ1) is 12.0. The van der Waals surface area contributed by atoms with Gasteiger partial charge in [0, 0.05) is 23.0 Å². The molecule has 3 amide bonds. The second kappa shape index (κ2) is 7.44. The predicted octanol–water partition coefficient (Wildman–Crippen LogP) is 3.88. The third kappa shape index (κ3) is 4.64. The van der Waals surface area contributed by atoms with E-state index < -0.39 is 0 Å². The molecule has 0 radical (unpaired) electrons. The van der Waals surface area contributed by atoms with Crippen molar-refractivity contribution < 1.29 is 14.3 Å². The molecule has 2 aromatic carbocycles. The normalized spacial score (nSPS) is 13.0. The standard InChI is InChI=1S/C18H18ClN3O3/c1-25-16-8-7-14(10-15(16)19)20-17(23)11-3-2-4-13(9-11)22-18(24)21-12-5-6-12/h2-4,7-10,12H,5-6H2,1H3,(H,20,23)(H2,21,22,24). The van der Waals surface area contributed by atoms with Crippen molar-refractivity contribution in [2.75, 3.05) is 17.7 Å². The van der Waals surface area contributed by atoms with Crippen LogP contribution in [-0.2, 0) is 0 Å². The maximum Gasteiger partial charge on any atom is 0.319 e. The maximum absolute atomic E-state index is 12.4. The van der Waals surface area contributed by atoms with Crippen LogP contribution in [0.5, 0.6) is 5.75 Å². The number of amides is 3. The van der Waals surface area contributed by atoms with Crippen LogP contribution in [0.15, 0.2) is 42.5 Å². The van der Waals surface area contributed by atoms with Crippen LogP contribution < -0.4 is 20.7 Å². The first-order valence-corrected chi connectivity index (χ1v) is 8.25. The van der Waals surface area contributed by atoms with E-state index in [2.05, 4.69) is 16.0 Å².